The lowest BCUT2D eigenvalue weighted by Crippen LogP contribution is -2.12. The van der Waals surface area contributed by atoms with E-state index < -0.39 is 17.9 Å². The van der Waals surface area contributed by atoms with Crippen LogP contribution in [-0.2, 0) is 9.59 Å². The van der Waals surface area contributed by atoms with E-state index in [1.807, 2.05) is 0 Å². The minimum absolute atomic E-state index is 0.00479. The Morgan fingerprint density at radius 3 is 2.38 bits per heavy atom. The van der Waals surface area contributed by atoms with Crippen LogP contribution in [0.1, 0.15) is 26.2 Å². The molecule has 0 aliphatic heterocycles. The van der Waals surface area contributed by atoms with E-state index in [2.05, 4.69) is 11.8 Å². The van der Waals surface area contributed by atoms with E-state index in [-0.39, 0.29) is 6.42 Å². The van der Waals surface area contributed by atoms with Gasteiger partial charge in [-0.05, 0) is 19.8 Å². The van der Waals surface area contributed by atoms with Gasteiger partial charge < -0.3 is 10.2 Å². The Balaban J connectivity index is 3.88. The first-order chi connectivity index (χ1) is 6.07. The van der Waals surface area contributed by atoms with Gasteiger partial charge in [-0.25, -0.2) is 0 Å². The van der Waals surface area contributed by atoms with Crippen LogP contribution in [0.2, 0.25) is 0 Å². The van der Waals surface area contributed by atoms with Crippen LogP contribution in [0.5, 0.6) is 0 Å². The van der Waals surface area contributed by atoms with Crippen molar-refractivity contribution in [3.63, 3.8) is 0 Å². The number of aliphatic carboxylic acids is 2. The second kappa shape index (κ2) is 6.06. The lowest BCUT2D eigenvalue weighted by atomic mass is 10.0. The van der Waals surface area contributed by atoms with Gasteiger partial charge in [-0.2, -0.15) is 0 Å². The molecular formula is C9H12O4. The molecule has 0 heterocycles. The summed E-state index contributed by atoms with van der Waals surface area (Å²) in [7, 11) is 0. The molecule has 4 heteroatoms. The van der Waals surface area contributed by atoms with E-state index in [0.29, 0.717) is 12.8 Å². The van der Waals surface area contributed by atoms with Crippen LogP contribution in [-0.4, -0.2) is 22.2 Å². The molecule has 0 amide bonds. The second-order valence-corrected chi connectivity index (χ2v) is 2.57. The molecular weight excluding hydrogens is 172 g/mol. The van der Waals surface area contributed by atoms with Crippen LogP contribution in [0, 0.1) is 17.8 Å². The average Bonchev–Trinajstić information content (AvgIpc) is 2.02. The lowest BCUT2D eigenvalue weighted by Gasteiger charge is -2.02. The largest absolute Gasteiger partial charge is 0.481 e. The first kappa shape index (κ1) is 11.5. The molecule has 0 aromatic heterocycles. The molecule has 0 bridgehead atoms. The number of carboxylic acid groups (broad SMARTS) is 2. The zero-order valence-corrected chi connectivity index (χ0v) is 7.41. The smallest absolute Gasteiger partial charge is 0.318 e. The minimum atomic E-state index is -0.986. The Kier molecular flexibility index (Phi) is 5.37. The zero-order valence-electron chi connectivity index (χ0n) is 7.41. The fourth-order valence-electron chi connectivity index (χ4n) is 0.889. The quantitative estimate of drug-likeness (QED) is 0.624. The summed E-state index contributed by atoms with van der Waals surface area (Å²) in [6.07, 6.45) is 0.638. The molecule has 72 valence electrons. The van der Waals surface area contributed by atoms with Crippen molar-refractivity contribution in [2.24, 2.45) is 5.92 Å². The van der Waals surface area contributed by atoms with Crippen LogP contribution >= 0.6 is 0 Å². The first-order valence-corrected chi connectivity index (χ1v) is 3.94. The molecule has 13 heavy (non-hydrogen) atoms. The molecule has 0 rings (SSSR count). The van der Waals surface area contributed by atoms with E-state index in [1.54, 1.807) is 6.92 Å². The topological polar surface area (TPSA) is 74.6 Å². The Morgan fingerprint density at radius 1 is 1.38 bits per heavy atom. The van der Waals surface area contributed by atoms with Crippen LogP contribution in [0.3, 0.4) is 0 Å². The highest BCUT2D eigenvalue weighted by Crippen LogP contribution is 2.07. The molecule has 0 aromatic carbocycles. The summed E-state index contributed by atoms with van der Waals surface area (Å²) in [6, 6.07) is 0. The summed E-state index contributed by atoms with van der Waals surface area (Å²) in [4.78, 5) is 20.6. The molecule has 4 nitrogen and oxygen atoms in total. The van der Waals surface area contributed by atoms with Gasteiger partial charge in [0.05, 0.1) is 0 Å². The van der Waals surface area contributed by atoms with Gasteiger partial charge in [-0.15, -0.1) is 5.92 Å². The maximum atomic E-state index is 10.5. The van der Waals surface area contributed by atoms with E-state index in [1.165, 1.54) is 0 Å². The Morgan fingerprint density at radius 2 is 2.00 bits per heavy atom. The SMILES string of the molecule is CC#CC(CCCC(=O)O)C(=O)O. The maximum absolute atomic E-state index is 10.5. The van der Waals surface area contributed by atoms with Gasteiger partial charge in [-0.1, -0.05) is 5.92 Å². The highest BCUT2D eigenvalue weighted by atomic mass is 16.4. The lowest BCUT2D eigenvalue weighted by molar-refractivity contribution is -0.141. The van der Waals surface area contributed by atoms with Crippen molar-refractivity contribution < 1.29 is 19.8 Å². The number of carboxylic acids is 2. The van der Waals surface area contributed by atoms with Gasteiger partial charge in [0.1, 0.15) is 5.92 Å². The Hall–Kier alpha value is -1.50. The third kappa shape index (κ3) is 5.74. The molecule has 0 saturated carbocycles. The molecule has 0 radical (unpaired) electrons. The van der Waals surface area contributed by atoms with Crippen molar-refractivity contribution in [2.45, 2.75) is 26.2 Å². The fraction of sp³-hybridized carbons (Fsp3) is 0.556. The molecule has 0 saturated heterocycles. The maximum Gasteiger partial charge on any atom is 0.318 e. The van der Waals surface area contributed by atoms with Crippen molar-refractivity contribution >= 4 is 11.9 Å². The van der Waals surface area contributed by atoms with Gasteiger partial charge >= 0.3 is 11.9 Å². The summed E-state index contributed by atoms with van der Waals surface area (Å²) in [5, 5.41) is 16.9. The van der Waals surface area contributed by atoms with Crippen LogP contribution in [0.15, 0.2) is 0 Å². The van der Waals surface area contributed by atoms with Crippen molar-refractivity contribution in [3.05, 3.63) is 0 Å². The summed E-state index contributed by atoms with van der Waals surface area (Å²) in [5.74, 6) is 2.40. The van der Waals surface area contributed by atoms with Gasteiger partial charge in [0.15, 0.2) is 0 Å². The van der Waals surface area contributed by atoms with Crippen LogP contribution in [0.25, 0.3) is 0 Å². The molecule has 0 fully saturated rings. The third-order valence-electron chi connectivity index (χ3n) is 1.50. The standard InChI is InChI=1S/C9H12O4/c1-2-4-7(9(12)13)5-3-6-8(10)11/h7H,3,5-6H2,1H3,(H,10,11)(H,12,13). The number of hydrogen-bond acceptors (Lipinski definition) is 2. The van der Waals surface area contributed by atoms with Gasteiger partial charge in [-0.3, -0.25) is 9.59 Å². The fourth-order valence-corrected chi connectivity index (χ4v) is 0.889. The number of hydrogen-bond donors (Lipinski definition) is 2. The van der Waals surface area contributed by atoms with Crippen LogP contribution < -0.4 is 0 Å². The zero-order chi connectivity index (χ0) is 10.3. The molecule has 2 N–H and O–H groups in total. The van der Waals surface area contributed by atoms with Gasteiger partial charge in [0.2, 0.25) is 0 Å². The summed E-state index contributed by atoms with van der Waals surface area (Å²) >= 11 is 0. The predicted octanol–water partition coefficient (Wildman–Crippen LogP) is 0.965. The highest BCUT2D eigenvalue weighted by Gasteiger charge is 2.13. The van der Waals surface area contributed by atoms with E-state index in [4.69, 9.17) is 10.2 Å². The third-order valence-corrected chi connectivity index (χ3v) is 1.50. The minimum Gasteiger partial charge on any atom is -0.481 e. The summed E-state index contributed by atoms with van der Waals surface area (Å²) in [5.41, 5.74) is 0. The predicted molar refractivity (Wildman–Crippen MR) is 46.1 cm³/mol. The molecule has 0 spiro atoms. The Labute approximate surface area is 76.6 Å². The molecule has 0 aliphatic carbocycles. The molecule has 0 aliphatic rings. The van der Waals surface area contributed by atoms with Crippen molar-refractivity contribution in [1.29, 1.82) is 0 Å². The summed E-state index contributed by atoms with van der Waals surface area (Å²) < 4.78 is 0. The first-order valence-electron chi connectivity index (χ1n) is 3.94. The molecule has 1 atom stereocenters. The molecule has 1 unspecified atom stereocenters. The second-order valence-electron chi connectivity index (χ2n) is 2.57. The summed E-state index contributed by atoms with van der Waals surface area (Å²) in [6.45, 7) is 1.56. The van der Waals surface area contributed by atoms with E-state index >= 15 is 0 Å². The normalized spacial score (nSPS) is 11.2. The van der Waals surface area contributed by atoms with Gasteiger partial charge in [0, 0.05) is 6.42 Å². The van der Waals surface area contributed by atoms with Crippen molar-refractivity contribution in [3.8, 4) is 11.8 Å². The van der Waals surface area contributed by atoms with E-state index in [9.17, 15) is 9.59 Å². The highest BCUT2D eigenvalue weighted by molar-refractivity contribution is 5.73. The van der Waals surface area contributed by atoms with Crippen LogP contribution in [0.4, 0.5) is 0 Å². The van der Waals surface area contributed by atoms with Gasteiger partial charge in [0.25, 0.3) is 0 Å². The molecule has 0 aromatic rings. The van der Waals surface area contributed by atoms with Crippen molar-refractivity contribution in [2.75, 3.05) is 0 Å². The number of rotatable bonds is 5. The monoisotopic (exact) mass is 184 g/mol. The Bertz CT molecular complexity index is 246. The number of carbonyl (C=O) groups is 2. The average molecular weight is 184 g/mol. The van der Waals surface area contributed by atoms with E-state index in [0.717, 1.165) is 0 Å². The van der Waals surface area contributed by atoms with Crippen molar-refractivity contribution in [1.82, 2.24) is 0 Å².